The normalized spacial score (nSPS) is 22.3. The quantitative estimate of drug-likeness (QED) is 0.461. The first-order chi connectivity index (χ1) is 15.5. The van der Waals surface area contributed by atoms with E-state index in [0.717, 1.165) is 30.3 Å². The van der Waals surface area contributed by atoms with Crippen molar-refractivity contribution in [2.75, 3.05) is 0 Å². The minimum absolute atomic E-state index is 0.164. The molecule has 0 saturated heterocycles. The summed E-state index contributed by atoms with van der Waals surface area (Å²) in [5.74, 6) is 0.209. The maximum Gasteiger partial charge on any atom is 0.339 e. The maximum absolute atomic E-state index is 13.3. The van der Waals surface area contributed by atoms with E-state index in [4.69, 9.17) is 4.74 Å². The molecular formula is C23H18FN5O3. The molecule has 160 valence electrons. The Bertz CT molecular complexity index is 1380. The molecule has 4 aromatic rings. The lowest BCUT2D eigenvalue weighted by Crippen LogP contribution is -2.31. The number of phenolic OH excluding ortho intramolecular Hbond substituents is 1. The highest BCUT2D eigenvalue weighted by molar-refractivity contribution is 5.94. The molecule has 8 nitrogen and oxygen atoms in total. The van der Waals surface area contributed by atoms with Crippen molar-refractivity contribution in [1.29, 1.82) is 0 Å². The number of ether oxygens (including phenoxy) is 1. The summed E-state index contributed by atoms with van der Waals surface area (Å²) in [6.45, 7) is 0. The van der Waals surface area contributed by atoms with E-state index in [1.54, 1.807) is 24.7 Å². The number of carbonyl (C=O) groups is 1. The first-order valence-electron chi connectivity index (χ1n) is 10.4. The van der Waals surface area contributed by atoms with Crippen LogP contribution in [0.2, 0.25) is 0 Å². The molecule has 6 rings (SSSR count). The van der Waals surface area contributed by atoms with Crippen LogP contribution in [-0.4, -0.2) is 36.0 Å². The van der Waals surface area contributed by atoms with Crippen molar-refractivity contribution >= 4 is 17.1 Å². The third kappa shape index (κ3) is 2.84. The van der Waals surface area contributed by atoms with Gasteiger partial charge in [-0.1, -0.05) is 0 Å². The molecule has 1 aromatic carbocycles. The van der Waals surface area contributed by atoms with Crippen LogP contribution in [0.4, 0.5) is 4.39 Å². The lowest BCUT2D eigenvalue weighted by atomic mass is 9.75. The van der Waals surface area contributed by atoms with Gasteiger partial charge in [0.25, 0.3) is 0 Å². The van der Waals surface area contributed by atoms with E-state index in [1.165, 1.54) is 12.1 Å². The molecule has 0 radical (unpaired) electrons. The van der Waals surface area contributed by atoms with Gasteiger partial charge in [-0.25, -0.2) is 24.1 Å². The van der Waals surface area contributed by atoms with Crippen LogP contribution in [0.3, 0.4) is 0 Å². The minimum atomic E-state index is -0.601. The van der Waals surface area contributed by atoms with Gasteiger partial charge >= 0.3 is 5.97 Å². The molecule has 1 aliphatic heterocycles. The summed E-state index contributed by atoms with van der Waals surface area (Å²) in [6, 6.07) is 5.43. The smallest absolute Gasteiger partial charge is 0.339 e. The van der Waals surface area contributed by atoms with E-state index >= 15 is 0 Å². The Balaban J connectivity index is 1.26. The predicted octanol–water partition coefficient (Wildman–Crippen LogP) is 3.98. The second kappa shape index (κ2) is 6.81. The van der Waals surface area contributed by atoms with E-state index < -0.39 is 11.4 Å². The molecule has 2 aliphatic rings. The molecule has 1 aliphatic carbocycles. The zero-order valence-corrected chi connectivity index (χ0v) is 16.9. The zero-order valence-electron chi connectivity index (χ0n) is 16.9. The summed E-state index contributed by atoms with van der Waals surface area (Å²) >= 11 is 0. The number of rotatable bonds is 2. The first-order valence-corrected chi connectivity index (χ1v) is 10.4. The highest BCUT2D eigenvalue weighted by Gasteiger charge is 2.48. The van der Waals surface area contributed by atoms with Crippen molar-refractivity contribution in [1.82, 2.24) is 24.9 Å². The van der Waals surface area contributed by atoms with Gasteiger partial charge in [0.1, 0.15) is 28.5 Å². The fraction of sp³-hybridized carbons (Fsp3) is 0.261. The van der Waals surface area contributed by atoms with Crippen LogP contribution >= 0.6 is 0 Å². The number of H-pyrrole nitrogens is 1. The number of aromatic nitrogens is 5. The Morgan fingerprint density at radius 1 is 1.12 bits per heavy atom. The Hall–Kier alpha value is -3.88. The van der Waals surface area contributed by atoms with Crippen molar-refractivity contribution in [3.63, 3.8) is 0 Å². The number of esters is 1. The number of carbonyl (C=O) groups excluding carboxylic acids is 1. The van der Waals surface area contributed by atoms with Gasteiger partial charge in [-0.3, -0.25) is 4.98 Å². The van der Waals surface area contributed by atoms with Crippen molar-refractivity contribution in [2.45, 2.75) is 37.2 Å². The van der Waals surface area contributed by atoms with Crippen molar-refractivity contribution < 1.29 is 19.0 Å². The van der Waals surface area contributed by atoms with E-state index in [2.05, 4.69) is 24.9 Å². The molecule has 32 heavy (non-hydrogen) atoms. The number of fused-ring (bicyclic) bond motifs is 3. The lowest BCUT2D eigenvalue weighted by molar-refractivity contribution is -0.0313. The van der Waals surface area contributed by atoms with Gasteiger partial charge in [0.15, 0.2) is 11.5 Å². The molecule has 0 amide bonds. The second-order valence-electron chi connectivity index (χ2n) is 8.29. The highest BCUT2D eigenvalue weighted by Crippen LogP contribution is 2.49. The number of nitrogens with one attached hydrogen (secondary N) is 1. The summed E-state index contributed by atoms with van der Waals surface area (Å²) in [5, 5.41) is 10.0. The molecule has 1 saturated carbocycles. The highest BCUT2D eigenvalue weighted by atomic mass is 19.1. The third-order valence-corrected chi connectivity index (χ3v) is 6.46. The van der Waals surface area contributed by atoms with Gasteiger partial charge in [0, 0.05) is 29.9 Å². The number of halogens is 1. The molecule has 1 spiro atoms. The van der Waals surface area contributed by atoms with Crippen LogP contribution in [-0.2, 0) is 10.3 Å². The molecule has 1 fully saturated rings. The Kier molecular flexibility index (Phi) is 4.01. The van der Waals surface area contributed by atoms with Gasteiger partial charge in [-0.15, -0.1) is 0 Å². The maximum atomic E-state index is 13.3. The number of nitrogens with zero attached hydrogens (tertiary/aromatic N) is 4. The Morgan fingerprint density at radius 2 is 1.97 bits per heavy atom. The van der Waals surface area contributed by atoms with Crippen LogP contribution in [0.25, 0.3) is 22.6 Å². The molecule has 0 bridgehead atoms. The number of phenols is 1. The van der Waals surface area contributed by atoms with E-state index in [0.29, 0.717) is 35.1 Å². The van der Waals surface area contributed by atoms with Crippen LogP contribution in [0, 0.1) is 5.82 Å². The summed E-state index contributed by atoms with van der Waals surface area (Å²) in [5.41, 5.74) is 2.39. The van der Waals surface area contributed by atoms with Crippen molar-refractivity contribution in [2.24, 2.45) is 0 Å². The van der Waals surface area contributed by atoms with Crippen LogP contribution in [0.15, 0.2) is 42.9 Å². The Morgan fingerprint density at radius 3 is 2.78 bits per heavy atom. The first kappa shape index (κ1) is 18.9. The number of hydrogen-bond donors (Lipinski definition) is 2. The largest absolute Gasteiger partial charge is 0.507 e. The SMILES string of the molecule is O=C1OC2(CCC(c3nc4nc(-c5ccc(F)cc5O)ncc4[nH]3)CC2)c2cnccc21. The topological polar surface area (TPSA) is 114 Å². The molecule has 2 N–H and O–H groups in total. The predicted molar refractivity (Wildman–Crippen MR) is 111 cm³/mol. The second-order valence-corrected chi connectivity index (χ2v) is 8.29. The molecule has 0 unspecified atom stereocenters. The zero-order chi connectivity index (χ0) is 21.9. The average molecular weight is 431 g/mol. The third-order valence-electron chi connectivity index (χ3n) is 6.46. The van der Waals surface area contributed by atoms with Crippen LogP contribution in [0.1, 0.15) is 53.3 Å². The number of pyridine rings is 1. The summed E-state index contributed by atoms with van der Waals surface area (Å²) < 4.78 is 19.1. The van der Waals surface area contributed by atoms with Crippen molar-refractivity contribution in [3.8, 4) is 17.1 Å². The lowest BCUT2D eigenvalue weighted by Gasteiger charge is -2.35. The van der Waals surface area contributed by atoms with Gasteiger partial charge in [0.2, 0.25) is 0 Å². The number of benzene rings is 1. The standard InChI is InChI=1S/C23H18FN5O3/c24-13-1-2-15(18(30)9-13)20-26-11-17-21(29-20)28-19(27-17)12-3-6-23(7-4-12)16-10-25-8-5-14(16)22(31)32-23/h1-2,5,8-12,30H,3-4,6-7H2,(H,26,27,28,29). The monoisotopic (exact) mass is 431 g/mol. The molecule has 4 heterocycles. The fourth-order valence-corrected chi connectivity index (χ4v) is 4.80. The Labute approximate surface area is 181 Å². The molecule has 9 heteroatoms. The number of imidazole rings is 1. The van der Waals surface area contributed by atoms with Gasteiger partial charge in [0.05, 0.1) is 17.3 Å². The van der Waals surface area contributed by atoms with Crippen LogP contribution in [0.5, 0.6) is 5.75 Å². The number of aromatic amines is 1. The summed E-state index contributed by atoms with van der Waals surface area (Å²) in [6.07, 6.45) is 7.94. The molecular weight excluding hydrogens is 413 g/mol. The summed E-state index contributed by atoms with van der Waals surface area (Å²) in [7, 11) is 0. The van der Waals surface area contributed by atoms with Gasteiger partial charge in [-0.05, 0) is 43.9 Å². The number of hydrogen-bond acceptors (Lipinski definition) is 7. The minimum Gasteiger partial charge on any atom is -0.507 e. The average Bonchev–Trinajstić information content (AvgIpc) is 3.33. The number of aromatic hydroxyl groups is 1. The molecule has 0 atom stereocenters. The van der Waals surface area contributed by atoms with E-state index in [9.17, 15) is 14.3 Å². The van der Waals surface area contributed by atoms with Gasteiger partial charge in [-0.2, -0.15) is 0 Å². The van der Waals surface area contributed by atoms with Crippen molar-refractivity contribution in [3.05, 3.63) is 65.6 Å². The summed E-state index contributed by atoms with van der Waals surface area (Å²) in [4.78, 5) is 33.2. The fourth-order valence-electron chi connectivity index (χ4n) is 4.80. The van der Waals surface area contributed by atoms with E-state index in [-0.39, 0.29) is 23.5 Å². The van der Waals surface area contributed by atoms with E-state index in [1.807, 2.05) is 0 Å². The van der Waals surface area contributed by atoms with Gasteiger partial charge < -0.3 is 14.8 Å². The molecule has 3 aromatic heterocycles. The van der Waals surface area contributed by atoms with Crippen LogP contribution < -0.4 is 0 Å².